The summed E-state index contributed by atoms with van der Waals surface area (Å²) in [5.74, 6) is -1.05. The third-order valence-electron chi connectivity index (χ3n) is 8.35. The summed E-state index contributed by atoms with van der Waals surface area (Å²) in [6.07, 6.45) is 9.81. The number of nitrogens with one attached hydrogen (secondary N) is 2. The van der Waals surface area contributed by atoms with Crippen molar-refractivity contribution in [3.8, 4) is 0 Å². The van der Waals surface area contributed by atoms with E-state index in [1.165, 1.54) is 11.8 Å². The number of nitrogens with two attached hydrogens (primary N) is 1. The number of carboxylic acid groups (broad SMARTS) is 1. The number of fused-ring (bicyclic) bond motifs is 1. The summed E-state index contributed by atoms with van der Waals surface area (Å²) in [5.41, 5.74) is 7.88. The molecule has 3 aromatic carbocycles. The van der Waals surface area contributed by atoms with Gasteiger partial charge in [-0.05, 0) is 73.9 Å². The molecule has 2 atom stereocenters. The first kappa shape index (κ1) is 31.9. The van der Waals surface area contributed by atoms with Gasteiger partial charge in [-0.1, -0.05) is 78.9 Å². The molecule has 43 heavy (non-hydrogen) atoms. The van der Waals surface area contributed by atoms with Crippen LogP contribution in [0.5, 0.6) is 0 Å². The molecule has 0 unspecified atom stereocenters. The van der Waals surface area contributed by atoms with Gasteiger partial charge in [-0.25, -0.2) is 4.79 Å². The van der Waals surface area contributed by atoms with Crippen LogP contribution < -0.4 is 16.4 Å². The minimum atomic E-state index is -0.895. The number of likely N-dealkylation sites (N-methyl/N-ethyl adjacent to an activating group) is 2. The van der Waals surface area contributed by atoms with Crippen molar-refractivity contribution in [3.05, 3.63) is 96.1 Å². The summed E-state index contributed by atoms with van der Waals surface area (Å²) in [4.78, 5) is 38.2. The highest BCUT2D eigenvalue weighted by Gasteiger charge is 2.34. The molecule has 0 heterocycles. The maximum absolute atomic E-state index is 13.5. The highest BCUT2D eigenvalue weighted by atomic mass is 16.4. The summed E-state index contributed by atoms with van der Waals surface area (Å²) in [6.45, 7) is 0. The number of carbonyl (C=O) groups excluding carboxylic acids is 2. The van der Waals surface area contributed by atoms with Gasteiger partial charge in [-0.3, -0.25) is 9.59 Å². The molecule has 8 heteroatoms. The zero-order chi connectivity index (χ0) is 30.8. The monoisotopic (exact) mass is 584 g/mol. The second kappa shape index (κ2) is 14.9. The molecule has 0 bridgehead atoms. The molecular weight excluding hydrogens is 540 g/mol. The molecule has 0 aliphatic heterocycles. The SMILES string of the molecule is CN[C@H](Cc1ccc2ccccc2c1)C(=O)N(C)[C@H](Cc1ccccc1)C(=O)NC1CC1.NC1(C/C=C/C(=O)O)CCC1. The molecule has 0 aromatic heterocycles. The predicted molar refractivity (Wildman–Crippen MR) is 171 cm³/mol. The number of hydrogen-bond acceptors (Lipinski definition) is 5. The first-order chi connectivity index (χ1) is 20.7. The minimum absolute atomic E-state index is 0.0761. The average molecular weight is 585 g/mol. The van der Waals surface area contributed by atoms with E-state index >= 15 is 0 Å². The number of hydrogen-bond donors (Lipinski definition) is 4. The van der Waals surface area contributed by atoms with Crippen LogP contribution in [0.4, 0.5) is 0 Å². The van der Waals surface area contributed by atoms with Crippen LogP contribution in [-0.2, 0) is 27.2 Å². The Hall–Kier alpha value is -4.01. The Morgan fingerprint density at radius 2 is 1.65 bits per heavy atom. The molecule has 2 amide bonds. The first-order valence-corrected chi connectivity index (χ1v) is 15.1. The lowest BCUT2D eigenvalue weighted by Crippen LogP contribution is -2.54. The Morgan fingerprint density at radius 1 is 0.977 bits per heavy atom. The number of benzene rings is 3. The van der Waals surface area contributed by atoms with Gasteiger partial charge in [0.15, 0.2) is 0 Å². The maximum Gasteiger partial charge on any atom is 0.327 e. The molecule has 8 nitrogen and oxygen atoms in total. The topological polar surface area (TPSA) is 125 Å². The van der Waals surface area contributed by atoms with Gasteiger partial charge < -0.3 is 26.4 Å². The average Bonchev–Trinajstić information content (AvgIpc) is 3.81. The van der Waals surface area contributed by atoms with Crippen molar-refractivity contribution >= 4 is 28.6 Å². The lowest BCUT2D eigenvalue weighted by atomic mass is 9.75. The molecule has 2 aliphatic rings. The Labute approximate surface area is 254 Å². The van der Waals surface area contributed by atoms with Gasteiger partial charge in [0, 0.05) is 31.1 Å². The van der Waals surface area contributed by atoms with E-state index in [4.69, 9.17) is 10.8 Å². The zero-order valence-electron chi connectivity index (χ0n) is 25.2. The Morgan fingerprint density at radius 3 is 2.26 bits per heavy atom. The largest absolute Gasteiger partial charge is 0.478 e. The molecular formula is C35H44N4O4. The van der Waals surface area contributed by atoms with Crippen molar-refractivity contribution in [1.29, 1.82) is 0 Å². The number of carboxylic acids is 1. The highest BCUT2D eigenvalue weighted by molar-refractivity contribution is 5.90. The smallest absolute Gasteiger partial charge is 0.327 e. The molecule has 2 saturated carbocycles. The summed E-state index contributed by atoms with van der Waals surface area (Å²) < 4.78 is 0. The van der Waals surface area contributed by atoms with Crippen LogP contribution in [0.15, 0.2) is 84.9 Å². The van der Waals surface area contributed by atoms with E-state index in [0.717, 1.165) is 48.3 Å². The van der Waals surface area contributed by atoms with E-state index in [1.54, 1.807) is 25.1 Å². The van der Waals surface area contributed by atoms with E-state index in [-0.39, 0.29) is 23.4 Å². The van der Waals surface area contributed by atoms with Gasteiger partial charge in [0.2, 0.25) is 11.8 Å². The van der Waals surface area contributed by atoms with Crippen molar-refractivity contribution in [1.82, 2.24) is 15.5 Å². The lowest BCUT2D eigenvalue weighted by molar-refractivity contribution is -0.140. The van der Waals surface area contributed by atoms with Gasteiger partial charge in [-0.2, -0.15) is 0 Å². The van der Waals surface area contributed by atoms with Crippen LogP contribution in [0, 0.1) is 0 Å². The third kappa shape index (κ3) is 9.49. The van der Waals surface area contributed by atoms with E-state index in [9.17, 15) is 14.4 Å². The summed E-state index contributed by atoms with van der Waals surface area (Å²) in [6, 6.07) is 23.7. The molecule has 3 aromatic rings. The number of aliphatic carboxylic acids is 1. The minimum Gasteiger partial charge on any atom is -0.478 e. The summed E-state index contributed by atoms with van der Waals surface area (Å²) in [7, 11) is 3.54. The van der Waals surface area contributed by atoms with E-state index in [1.807, 2.05) is 42.5 Å². The Bertz CT molecular complexity index is 1420. The third-order valence-corrected chi connectivity index (χ3v) is 8.35. The molecule has 5 rings (SSSR count). The van der Waals surface area contributed by atoms with Gasteiger partial charge in [0.05, 0.1) is 6.04 Å². The fourth-order valence-corrected chi connectivity index (χ4v) is 5.31. The second-order valence-corrected chi connectivity index (χ2v) is 11.8. The number of nitrogens with zero attached hydrogens (tertiary/aromatic N) is 1. The highest BCUT2D eigenvalue weighted by Crippen LogP contribution is 2.32. The predicted octanol–water partition coefficient (Wildman–Crippen LogP) is 4.22. The van der Waals surface area contributed by atoms with Gasteiger partial charge in [0.1, 0.15) is 6.04 Å². The van der Waals surface area contributed by atoms with Crippen molar-refractivity contribution in [2.45, 2.75) is 75.0 Å². The van der Waals surface area contributed by atoms with Gasteiger partial charge in [0.25, 0.3) is 0 Å². The van der Waals surface area contributed by atoms with Gasteiger partial charge in [-0.15, -0.1) is 0 Å². The van der Waals surface area contributed by atoms with E-state index < -0.39 is 18.1 Å². The van der Waals surface area contributed by atoms with Crippen molar-refractivity contribution < 1.29 is 19.5 Å². The zero-order valence-corrected chi connectivity index (χ0v) is 25.2. The van der Waals surface area contributed by atoms with E-state index in [2.05, 4.69) is 41.0 Å². The number of carbonyl (C=O) groups is 3. The summed E-state index contributed by atoms with van der Waals surface area (Å²) >= 11 is 0. The van der Waals surface area contributed by atoms with Crippen molar-refractivity contribution in [3.63, 3.8) is 0 Å². The van der Waals surface area contributed by atoms with Crippen LogP contribution in [0.2, 0.25) is 0 Å². The van der Waals surface area contributed by atoms with Crippen LogP contribution >= 0.6 is 0 Å². The normalized spacial score (nSPS) is 16.8. The molecule has 228 valence electrons. The molecule has 2 fully saturated rings. The fraction of sp³-hybridized carbons (Fsp3) is 0.400. The van der Waals surface area contributed by atoms with Crippen LogP contribution in [-0.4, -0.2) is 65.5 Å². The molecule has 0 saturated heterocycles. The molecule has 0 radical (unpaired) electrons. The lowest BCUT2D eigenvalue weighted by Gasteiger charge is -2.37. The fourth-order valence-electron chi connectivity index (χ4n) is 5.31. The Kier molecular flexibility index (Phi) is 11.1. The molecule has 2 aliphatic carbocycles. The van der Waals surface area contributed by atoms with Crippen LogP contribution in [0.1, 0.15) is 49.7 Å². The maximum atomic E-state index is 13.5. The number of rotatable bonds is 12. The Balaban J connectivity index is 0.000000324. The van der Waals surface area contributed by atoms with Crippen molar-refractivity contribution in [2.75, 3.05) is 14.1 Å². The number of amides is 2. The molecule has 0 spiro atoms. The van der Waals surface area contributed by atoms with Crippen LogP contribution in [0.25, 0.3) is 10.8 Å². The van der Waals surface area contributed by atoms with Gasteiger partial charge >= 0.3 is 5.97 Å². The molecule has 5 N–H and O–H groups in total. The second-order valence-electron chi connectivity index (χ2n) is 11.8. The van der Waals surface area contributed by atoms with Crippen molar-refractivity contribution in [2.24, 2.45) is 5.73 Å². The summed E-state index contributed by atoms with van der Waals surface area (Å²) in [5, 5.41) is 16.9. The first-order valence-electron chi connectivity index (χ1n) is 15.1. The quantitative estimate of drug-likeness (QED) is 0.236. The standard InChI is InChI=1S/C27H31N3O2.C8H13NO2/c1-28-24(17-20-12-13-21-10-6-7-11-22(21)16-20)27(32)30(2)25(26(31)29-23-14-15-23)18-19-8-4-3-5-9-19;9-8(5-2-6-8)4-1-3-7(10)11/h3-13,16,23-25,28H,14-15,17-18H2,1-2H3,(H,29,31);1,3H,2,4-6,9H2,(H,10,11)/b;3-1+/t24-,25-;/m1./s1. The van der Waals surface area contributed by atoms with E-state index in [0.29, 0.717) is 19.3 Å². The van der Waals surface area contributed by atoms with Crippen LogP contribution in [0.3, 0.4) is 0 Å².